The van der Waals surface area contributed by atoms with Crippen molar-refractivity contribution >= 4 is 21.6 Å². The Balaban J connectivity index is 1.59. The maximum absolute atomic E-state index is 12.3. The van der Waals surface area contributed by atoms with Crippen LogP contribution < -0.4 is 14.4 Å². The van der Waals surface area contributed by atoms with Crippen LogP contribution in [0.5, 0.6) is 5.75 Å². The molecule has 8 heteroatoms. The maximum Gasteiger partial charge on any atom is 0.253 e. The van der Waals surface area contributed by atoms with Crippen LogP contribution in [0.1, 0.15) is 5.56 Å². The van der Waals surface area contributed by atoms with Gasteiger partial charge in [0, 0.05) is 12.2 Å². The number of methoxy groups -OCH3 is 1. The number of benzene rings is 2. The molecule has 0 bridgehead atoms. The summed E-state index contributed by atoms with van der Waals surface area (Å²) in [6.07, 6.45) is -0.421. The molecular weight excluding hydrogens is 368 g/mol. The number of nitrogens with one attached hydrogen (secondary N) is 1. The van der Waals surface area contributed by atoms with Gasteiger partial charge in [-0.2, -0.15) is 0 Å². The molecule has 1 fully saturated rings. The first kappa shape index (κ1) is 19.3. The van der Waals surface area contributed by atoms with Crippen LogP contribution in [0.3, 0.4) is 0 Å². The number of carbonyl (C=O) groups excluding carboxylic acids is 1. The third-order valence-corrected chi connectivity index (χ3v) is 5.56. The average molecular weight is 390 g/mol. The van der Waals surface area contributed by atoms with E-state index < -0.39 is 16.1 Å². The quantitative estimate of drug-likeness (QED) is 0.775. The van der Waals surface area contributed by atoms with E-state index in [4.69, 9.17) is 9.47 Å². The van der Waals surface area contributed by atoms with Gasteiger partial charge in [-0.05, 0) is 29.8 Å². The summed E-state index contributed by atoms with van der Waals surface area (Å²) in [7, 11) is -1.91. The summed E-state index contributed by atoms with van der Waals surface area (Å²) in [5, 5.41) is 0. The molecule has 1 heterocycles. The van der Waals surface area contributed by atoms with Crippen LogP contribution in [0.15, 0.2) is 54.6 Å². The molecule has 1 aliphatic rings. The van der Waals surface area contributed by atoms with Crippen LogP contribution in [-0.2, 0) is 25.3 Å². The van der Waals surface area contributed by atoms with Crippen molar-refractivity contribution in [3.05, 3.63) is 60.2 Å². The molecule has 2 aromatic carbocycles. The summed E-state index contributed by atoms with van der Waals surface area (Å²) in [6.45, 7) is 0.297. The van der Waals surface area contributed by atoms with Crippen LogP contribution in [0.4, 0.5) is 5.69 Å². The minimum atomic E-state index is -3.49. The number of hydrogen-bond acceptors (Lipinski definition) is 5. The van der Waals surface area contributed by atoms with E-state index in [0.717, 1.165) is 5.69 Å². The normalized spacial score (nSPS) is 17.7. The molecule has 1 saturated heterocycles. The lowest BCUT2D eigenvalue weighted by atomic mass is 10.2. The minimum Gasteiger partial charge on any atom is -0.497 e. The Labute approximate surface area is 158 Å². The van der Waals surface area contributed by atoms with Gasteiger partial charge in [0.2, 0.25) is 10.0 Å². The Hall–Kier alpha value is -2.42. The van der Waals surface area contributed by atoms with Crippen LogP contribution in [0.25, 0.3) is 0 Å². The molecule has 1 aliphatic heterocycles. The number of hydrogen-bond donors (Lipinski definition) is 1. The largest absolute Gasteiger partial charge is 0.497 e. The van der Waals surface area contributed by atoms with Crippen molar-refractivity contribution in [1.29, 1.82) is 0 Å². The minimum absolute atomic E-state index is 0.0862. The summed E-state index contributed by atoms with van der Waals surface area (Å²) in [5.41, 5.74) is 1.44. The molecule has 2 aromatic rings. The second kappa shape index (κ2) is 8.51. The Bertz CT molecular complexity index is 869. The maximum atomic E-state index is 12.3. The van der Waals surface area contributed by atoms with E-state index in [1.165, 1.54) is 0 Å². The van der Waals surface area contributed by atoms with Crippen molar-refractivity contribution in [2.45, 2.75) is 11.9 Å². The molecule has 0 aromatic heterocycles. The van der Waals surface area contributed by atoms with Gasteiger partial charge in [0.1, 0.15) is 12.4 Å². The fourth-order valence-corrected chi connectivity index (χ4v) is 4.00. The lowest BCUT2D eigenvalue weighted by Crippen LogP contribution is -2.50. The average Bonchev–Trinajstić information content (AvgIpc) is 2.68. The highest BCUT2D eigenvalue weighted by molar-refractivity contribution is 7.88. The topological polar surface area (TPSA) is 84.9 Å². The van der Waals surface area contributed by atoms with Gasteiger partial charge in [-0.15, -0.1) is 0 Å². The van der Waals surface area contributed by atoms with E-state index in [9.17, 15) is 13.2 Å². The third-order valence-electron chi connectivity index (χ3n) is 4.24. The summed E-state index contributed by atoms with van der Waals surface area (Å²) < 4.78 is 37.7. The Morgan fingerprint density at radius 1 is 1.15 bits per heavy atom. The molecule has 0 saturated carbocycles. The SMILES string of the molecule is COc1ccc(N2CC(CNS(=O)(=O)Cc3ccccc3)OCC2=O)cc1. The highest BCUT2D eigenvalue weighted by atomic mass is 32.2. The number of nitrogens with zero attached hydrogens (tertiary/aromatic N) is 1. The lowest BCUT2D eigenvalue weighted by molar-refractivity contribution is -0.129. The van der Waals surface area contributed by atoms with E-state index in [1.807, 2.05) is 6.07 Å². The molecule has 1 atom stereocenters. The Morgan fingerprint density at radius 3 is 2.52 bits per heavy atom. The number of sulfonamides is 1. The van der Waals surface area contributed by atoms with E-state index in [0.29, 0.717) is 11.3 Å². The van der Waals surface area contributed by atoms with E-state index in [-0.39, 0.29) is 31.4 Å². The number of anilines is 1. The van der Waals surface area contributed by atoms with Crippen LogP contribution >= 0.6 is 0 Å². The first-order chi connectivity index (χ1) is 13.0. The van der Waals surface area contributed by atoms with Gasteiger partial charge in [-0.3, -0.25) is 4.79 Å². The van der Waals surface area contributed by atoms with E-state index >= 15 is 0 Å². The number of carbonyl (C=O) groups is 1. The number of morpholine rings is 1. The molecule has 1 N–H and O–H groups in total. The molecule has 3 rings (SSSR count). The zero-order chi connectivity index (χ0) is 19.3. The molecule has 144 valence electrons. The van der Waals surface area contributed by atoms with E-state index in [2.05, 4.69) is 4.72 Å². The molecule has 1 amide bonds. The monoisotopic (exact) mass is 390 g/mol. The second-order valence-corrected chi connectivity index (χ2v) is 8.04. The first-order valence-electron chi connectivity index (χ1n) is 8.54. The predicted octanol–water partition coefficient (Wildman–Crippen LogP) is 1.55. The molecule has 0 aliphatic carbocycles. The third kappa shape index (κ3) is 5.29. The smallest absolute Gasteiger partial charge is 0.253 e. The molecule has 0 radical (unpaired) electrons. The lowest BCUT2D eigenvalue weighted by Gasteiger charge is -2.32. The molecule has 7 nitrogen and oxygen atoms in total. The standard InChI is InChI=1S/C19H22N2O5S/c1-25-17-9-7-16(8-10-17)21-12-18(26-13-19(21)22)11-20-27(23,24)14-15-5-3-2-4-6-15/h2-10,18,20H,11-14H2,1H3. The molecule has 0 spiro atoms. The number of ether oxygens (including phenoxy) is 2. The van der Waals surface area contributed by atoms with Gasteiger partial charge < -0.3 is 14.4 Å². The van der Waals surface area contributed by atoms with Gasteiger partial charge in [-0.1, -0.05) is 30.3 Å². The van der Waals surface area contributed by atoms with Crippen LogP contribution in [0, 0.1) is 0 Å². The zero-order valence-corrected chi connectivity index (χ0v) is 15.8. The highest BCUT2D eigenvalue weighted by Crippen LogP contribution is 2.22. The molecule has 1 unspecified atom stereocenters. The van der Waals surface area contributed by atoms with E-state index in [1.54, 1.807) is 60.5 Å². The summed E-state index contributed by atoms with van der Waals surface area (Å²) >= 11 is 0. The summed E-state index contributed by atoms with van der Waals surface area (Å²) in [4.78, 5) is 13.8. The molecular formula is C19H22N2O5S. The summed E-state index contributed by atoms with van der Waals surface area (Å²) in [5.74, 6) is 0.440. The highest BCUT2D eigenvalue weighted by Gasteiger charge is 2.28. The van der Waals surface area contributed by atoms with Crippen molar-refractivity contribution < 1.29 is 22.7 Å². The predicted molar refractivity (Wildman–Crippen MR) is 102 cm³/mol. The van der Waals surface area contributed by atoms with Crippen LogP contribution in [-0.4, -0.2) is 47.2 Å². The van der Waals surface area contributed by atoms with Crippen molar-refractivity contribution in [3.8, 4) is 5.75 Å². The van der Waals surface area contributed by atoms with Crippen molar-refractivity contribution in [2.75, 3.05) is 31.7 Å². The van der Waals surface area contributed by atoms with Gasteiger partial charge in [0.15, 0.2) is 0 Å². The fourth-order valence-electron chi connectivity index (χ4n) is 2.82. The van der Waals surface area contributed by atoms with Gasteiger partial charge in [0.05, 0.1) is 25.5 Å². The summed E-state index contributed by atoms with van der Waals surface area (Å²) in [6, 6.07) is 16.1. The zero-order valence-electron chi connectivity index (χ0n) is 15.0. The Kier molecular flexibility index (Phi) is 6.10. The second-order valence-electron chi connectivity index (χ2n) is 6.23. The van der Waals surface area contributed by atoms with Gasteiger partial charge in [-0.25, -0.2) is 13.1 Å². The molecule has 27 heavy (non-hydrogen) atoms. The van der Waals surface area contributed by atoms with Crippen molar-refractivity contribution in [3.63, 3.8) is 0 Å². The van der Waals surface area contributed by atoms with Crippen molar-refractivity contribution in [1.82, 2.24) is 4.72 Å². The first-order valence-corrected chi connectivity index (χ1v) is 10.2. The Morgan fingerprint density at radius 2 is 1.85 bits per heavy atom. The van der Waals surface area contributed by atoms with Gasteiger partial charge in [0.25, 0.3) is 5.91 Å². The fraction of sp³-hybridized carbons (Fsp3) is 0.316. The van der Waals surface area contributed by atoms with Crippen LogP contribution in [0.2, 0.25) is 0 Å². The number of amides is 1. The van der Waals surface area contributed by atoms with Crippen molar-refractivity contribution in [2.24, 2.45) is 0 Å². The van der Waals surface area contributed by atoms with Gasteiger partial charge >= 0.3 is 0 Å². The number of rotatable bonds is 7.